The van der Waals surface area contributed by atoms with E-state index in [9.17, 15) is 5.11 Å². The number of aromatic hydroxyl groups is 1. The number of phenolic OH excluding ortho intramolecular Hbond substituents is 1. The molecule has 0 radical (unpaired) electrons. The van der Waals surface area contributed by atoms with Crippen LogP contribution in [-0.2, 0) is 0 Å². The van der Waals surface area contributed by atoms with E-state index in [0.717, 1.165) is 44.5 Å². The number of rotatable bonds is 1. The fourth-order valence-electron chi connectivity index (χ4n) is 3.63. The number of para-hydroxylation sites is 1. The predicted molar refractivity (Wildman–Crippen MR) is 97.6 cm³/mol. The van der Waals surface area contributed by atoms with Crippen molar-refractivity contribution in [2.24, 2.45) is 0 Å². The Morgan fingerprint density at radius 1 is 1.08 bits per heavy atom. The van der Waals surface area contributed by atoms with Gasteiger partial charge in [-0.25, -0.2) is 0 Å². The standard InChI is InChI=1S/C20H16N4O/c1-11-8-12(6-7-17(11)25)19-15-9-21-20-18(15)14(10-22-24-20)13-4-2-3-5-16(13)23-19/h2-10,19,23,25H,1H3,(H,21,24). The molecule has 5 nitrogen and oxygen atoms in total. The summed E-state index contributed by atoms with van der Waals surface area (Å²) in [5.74, 6) is 0.309. The van der Waals surface area contributed by atoms with Crippen molar-refractivity contribution in [2.45, 2.75) is 13.0 Å². The van der Waals surface area contributed by atoms with Crippen LogP contribution in [0.15, 0.2) is 54.9 Å². The molecule has 4 aromatic rings. The quantitative estimate of drug-likeness (QED) is 0.491. The maximum atomic E-state index is 9.88. The van der Waals surface area contributed by atoms with Crippen molar-refractivity contribution < 1.29 is 5.11 Å². The molecule has 25 heavy (non-hydrogen) atoms. The number of hydrogen-bond donors (Lipinski definition) is 3. The molecule has 1 unspecified atom stereocenters. The predicted octanol–water partition coefficient (Wildman–Crippen LogP) is 4.15. The molecule has 0 saturated heterocycles. The summed E-state index contributed by atoms with van der Waals surface area (Å²) in [7, 11) is 0. The molecule has 5 rings (SSSR count). The van der Waals surface area contributed by atoms with Crippen LogP contribution in [0.2, 0.25) is 0 Å². The van der Waals surface area contributed by atoms with Crippen molar-refractivity contribution in [1.82, 2.24) is 15.2 Å². The fourth-order valence-corrected chi connectivity index (χ4v) is 3.63. The Morgan fingerprint density at radius 2 is 1.96 bits per heavy atom. The van der Waals surface area contributed by atoms with E-state index < -0.39 is 0 Å². The van der Waals surface area contributed by atoms with Gasteiger partial charge in [-0.3, -0.25) is 0 Å². The van der Waals surface area contributed by atoms with Crippen molar-refractivity contribution >= 4 is 16.7 Å². The van der Waals surface area contributed by atoms with E-state index in [4.69, 9.17) is 0 Å². The first-order valence-electron chi connectivity index (χ1n) is 8.20. The zero-order valence-corrected chi connectivity index (χ0v) is 13.6. The van der Waals surface area contributed by atoms with E-state index in [0.29, 0.717) is 5.75 Å². The second kappa shape index (κ2) is 5.08. The van der Waals surface area contributed by atoms with Crippen molar-refractivity contribution in [2.75, 3.05) is 5.32 Å². The van der Waals surface area contributed by atoms with Gasteiger partial charge in [0.05, 0.1) is 12.2 Å². The molecule has 0 fully saturated rings. The summed E-state index contributed by atoms with van der Waals surface area (Å²) in [6.07, 6.45) is 3.82. The SMILES string of the molecule is Cc1cc(C2Nc3ccccc3-c3cnnc4[nH]cc2c34)ccc1O. The average Bonchev–Trinajstić information content (AvgIpc) is 3.00. The number of aromatic amines is 1. The number of aromatic nitrogens is 3. The number of fused-ring (bicyclic) bond motifs is 2. The molecule has 0 amide bonds. The van der Waals surface area contributed by atoms with Gasteiger partial charge in [0.25, 0.3) is 0 Å². The molecule has 1 atom stereocenters. The van der Waals surface area contributed by atoms with E-state index in [1.165, 1.54) is 0 Å². The average molecular weight is 328 g/mol. The van der Waals surface area contributed by atoms with Gasteiger partial charge >= 0.3 is 0 Å². The van der Waals surface area contributed by atoms with E-state index in [1.807, 2.05) is 43.6 Å². The van der Waals surface area contributed by atoms with Crippen molar-refractivity contribution in [1.29, 1.82) is 0 Å². The molecule has 0 saturated carbocycles. The zero-order valence-electron chi connectivity index (χ0n) is 13.6. The Hall–Kier alpha value is -3.34. The number of anilines is 1. The number of nitrogens with zero attached hydrogens (tertiary/aromatic N) is 2. The Balaban J connectivity index is 1.83. The van der Waals surface area contributed by atoms with Gasteiger partial charge in [0.2, 0.25) is 0 Å². The monoisotopic (exact) mass is 328 g/mol. The Labute approximate surface area is 144 Å². The van der Waals surface area contributed by atoms with Gasteiger partial charge in [-0.1, -0.05) is 24.3 Å². The highest BCUT2D eigenvalue weighted by atomic mass is 16.3. The topological polar surface area (TPSA) is 73.8 Å². The van der Waals surface area contributed by atoms with Gasteiger partial charge in [0.15, 0.2) is 5.65 Å². The summed E-state index contributed by atoms with van der Waals surface area (Å²) >= 11 is 0. The van der Waals surface area contributed by atoms with E-state index >= 15 is 0 Å². The van der Waals surface area contributed by atoms with Gasteiger partial charge in [0, 0.05) is 34.0 Å². The van der Waals surface area contributed by atoms with Crippen LogP contribution in [0, 0.1) is 6.92 Å². The normalized spacial score (nSPS) is 15.5. The molecule has 3 heterocycles. The molecule has 0 aliphatic carbocycles. The van der Waals surface area contributed by atoms with E-state index in [1.54, 1.807) is 6.07 Å². The number of nitrogens with one attached hydrogen (secondary N) is 2. The van der Waals surface area contributed by atoms with Crippen molar-refractivity contribution in [3.63, 3.8) is 0 Å². The minimum Gasteiger partial charge on any atom is -0.508 e. The number of phenols is 1. The Kier molecular flexibility index (Phi) is 2.85. The van der Waals surface area contributed by atoms with Crippen LogP contribution < -0.4 is 5.32 Å². The maximum absolute atomic E-state index is 9.88. The number of benzene rings is 2. The zero-order chi connectivity index (χ0) is 17.0. The molecule has 5 heteroatoms. The first-order valence-corrected chi connectivity index (χ1v) is 8.20. The van der Waals surface area contributed by atoms with Crippen LogP contribution in [0.25, 0.3) is 22.2 Å². The van der Waals surface area contributed by atoms with E-state index in [2.05, 4.69) is 32.6 Å². The van der Waals surface area contributed by atoms with Crippen LogP contribution in [0.5, 0.6) is 5.75 Å². The molecule has 0 bridgehead atoms. The molecule has 2 aromatic carbocycles. The second-order valence-corrected chi connectivity index (χ2v) is 6.39. The highest BCUT2D eigenvalue weighted by Gasteiger charge is 2.26. The lowest BCUT2D eigenvalue weighted by Crippen LogP contribution is -2.11. The Bertz CT molecular complexity index is 1120. The molecule has 2 aromatic heterocycles. The third-order valence-electron chi connectivity index (χ3n) is 4.89. The highest BCUT2D eigenvalue weighted by molar-refractivity contribution is 6.00. The molecule has 1 aliphatic rings. The highest BCUT2D eigenvalue weighted by Crippen LogP contribution is 2.43. The fraction of sp³-hybridized carbons (Fsp3) is 0.100. The van der Waals surface area contributed by atoms with Crippen LogP contribution in [0.4, 0.5) is 5.69 Å². The minimum absolute atomic E-state index is 0.0420. The second-order valence-electron chi connectivity index (χ2n) is 6.39. The Morgan fingerprint density at radius 3 is 2.84 bits per heavy atom. The summed E-state index contributed by atoms with van der Waals surface area (Å²) in [4.78, 5) is 3.24. The molecular formula is C20H16N4O. The maximum Gasteiger partial charge on any atom is 0.160 e. The lowest BCUT2D eigenvalue weighted by Gasteiger charge is -2.20. The summed E-state index contributed by atoms with van der Waals surface area (Å²) < 4.78 is 0. The number of hydrogen-bond acceptors (Lipinski definition) is 4. The lowest BCUT2D eigenvalue weighted by atomic mass is 9.96. The third kappa shape index (κ3) is 2.02. The first-order chi connectivity index (χ1) is 12.2. The largest absolute Gasteiger partial charge is 0.508 e. The summed E-state index contributed by atoms with van der Waals surface area (Å²) in [5, 5.41) is 23.0. The number of H-pyrrole nitrogens is 1. The molecule has 3 N–H and O–H groups in total. The first kappa shape index (κ1) is 14.0. The van der Waals surface area contributed by atoms with Crippen LogP contribution in [0.1, 0.15) is 22.7 Å². The van der Waals surface area contributed by atoms with Crippen LogP contribution in [0.3, 0.4) is 0 Å². The van der Waals surface area contributed by atoms with E-state index in [-0.39, 0.29) is 6.04 Å². The minimum atomic E-state index is -0.0420. The van der Waals surface area contributed by atoms with Gasteiger partial charge < -0.3 is 15.4 Å². The van der Waals surface area contributed by atoms with Gasteiger partial charge in [0.1, 0.15) is 5.75 Å². The smallest absolute Gasteiger partial charge is 0.160 e. The van der Waals surface area contributed by atoms with Crippen LogP contribution in [-0.4, -0.2) is 20.3 Å². The van der Waals surface area contributed by atoms with Gasteiger partial charge in [-0.2, -0.15) is 5.10 Å². The molecule has 1 aliphatic heterocycles. The summed E-state index contributed by atoms with van der Waals surface area (Å²) in [6.45, 7) is 1.91. The molecule has 0 spiro atoms. The van der Waals surface area contributed by atoms with Gasteiger partial charge in [-0.15, -0.1) is 5.10 Å². The number of aryl methyl sites for hydroxylation is 1. The molecule has 122 valence electrons. The third-order valence-corrected chi connectivity index (χ3v) is 4.89. The molecular weight excluding hydrogens is 312 g/mol. The lowest BCUT2D eigenvalue weighted by molar-refractivity contribution is 0.471. The van der Waals surface area contributed by atoms with Crippen molar-refractivity contribution in [3.8, 4) is 16.9 Å². The summed E-state index contributed by atoms with van der Waals surface area (Å²) in [6, 6.07) is 13.9. The van der Waals surface area contributed by atoms with Crippen molar-refractivity contribution in [3.05, 3.63) is 71.5 Å². The van der Waals surface area contributed by atoms with Crippen LogP contribution >= 0.6 is 0 Å². The summed E-state index contributed by atoms with van der Waals surface area (Å²) in [5.41, 5.74) is 7.10. The van der Waals surface area contributed by atoms with Gasteiger partial charge in [-0.05, 0) is 36.2 Å².